The van der Waals surface area contributed by atoms with Crippen molar-refractivity contribution in [3.8, 4) is 45.3 Å². The number of para-hydroxylation sites is 8. The average molecular weight is 795 g/mol. The van der Waals surface area contributed by atoms with E-state index in [4.69, 9.17) is 13.9 Å². The maximum absolute atomic E-state index is 7.29. The zero-order chi connectivity index (χ0) is 41.6. The molecule has 2 aliphatic rings. The number of hydrogen-bond acceptors (Lipinski definition) is 5. The smallest absolute Gasteiger partial charge is 0.151 e. The zero-order valence-electron chi connectivity index (χ0n) is 35.3. The summed E-state index contributed by atoms with van der Waals surface area (Å²) in [5.74, 6) is 3.31. The maximum Gasteiger partial charge on any atom is 0.151 e. The van der Waals surface area contributed by atoms with Crippen molar-refractivity contribution in [1.29, 1.82) is 0 Å². The molecule has 3 heterocycles. The van der Waals surface area contributed by atoms with E-state index in [0.29, 0.717) is 0 Å². The molecular formula is C56H46N2O3. The number of rotatable bonds is 4. The highest BCUT2D eigenvalue weighted by Crippen LogP contribution is 2.53. The first-order valence-corrected chi connectivity index (χ1v) is 21.1. The second-order valence-electron chi connectivity index (χ2n) is 18.2. The Morgan fingerprint density at radius 1 is 0.361 bits per heavy atom. The highest BCUT2D eigenvalue weighted by molar-refractivity contribution is 6.14. The summed E-state index contributed by atoms with van der Waals surface area (Å²) in [6.45, 7) is 13.7. The van der Waals surface area contributed by atoms with Crippen LogP contribution in [0.15, 0.2) is 174 Å². The quantitative estimate of drug-likeness (QED) is 0.177. The van der Waals surface area contributed by atoms with Gasteiger partial charge in [-0.25, -0.2) is 0 Å². The SMILES string of the molecule is CC(C)(C)c1cc(-c2cccc(N3c4ccccc4Oc4ccccc43)c2)c2oc3c(-c4cccc(N5c6ccccc6Oc6ccccc65)c4)cc(C(C)(C)C)cc3c2c1. The molecule has 0 fully saturated rings. The van der Waals surface area contributed by atoms with E-state index in [2.05, 4.69) is 173 Å². The van der Waals surface area contributed by atoms with E-state index in [0.717, 1.165) is 101 Å². The van der Waals surface area contributed by atoms with Crippen LogP contribution in [0.4, 0.5) is 34.1 Å². The maximum atomic E-state index is 7.29. The van der Waals surface area contributed by atoms with Crippen molar-refractivity contribution in [2.24, 2.45) is 0 Å². The molecule has 0 spiro atoms. The Morgan fingerprint density at radius 3 is 1.05 bits per heavy atom. The van der Waals surface area contributed by atoms with Crippen LogP contribution >= 0.6 is 0 Å². The fourth-order valence-corrected chi connectivity index (χ4v) is 8.87. The monoisotopic (exact) mass is 794 g/mol. The van der Waals surface area contributed by atoms with E-state index in [1.165, 1.54) is 11.1 Å². The lowest BCUT2D eigenvalue weighted by Crippen LogP contribution is -2.15. The molecule has 8 aromatic carbocycles. The van der Waals surface area contributed by atoms with Crippen molar-refractivity contribution in [1.82, 2.24) is 0 Å². The summed E-state index contributed by atoms with van der Waals surface area (Å²) in [6.07, 6.45) is 0. The first kappa shape index (κ1) is 36.8. The van der Waals surface area contributed by atoms with Gasteiger partial charge in [0.25, 0.3) is 0 Å². The van der Waals surface area contributed by atoms with Gasteiger partial charge < -0.3 is 23.7 Å². The number of ether oxygens (including phenoxy) is 2. The second-order valence-corrected chi connectivity index (χ2v) is 18.2. The summed E-state index contributed by atoms with van der Waals surface area (Å²) >= 11 is 0. The second kappa shape index (κ2) is 13.7. The largest absolute Gasteiger partial charge is 0.455 e. The van der Waals surface area contributed by atoms with Crippen LogP contribution in [0.1, 0.15) is 52.7 Å². The van der Waals surface area contributed by atoms with E-state index in [9.17, 15) is 0 Å². The molecule has 0 unspecified atom stereocenters. The molecule has 2 aliphatic heterocycles. The first-order chi connectivity index (χ1) is 29.5. The standard InChI is InChI=1S/C56H46N2O3/c1-55(2,3)37-31-41(35-17-15-19-39(29-35)57-45-21-7-11-25-49(45)59-50-26-12-8-22-46(50)57)53-43(33-37)44-34-38(56(4,5)6)32-42(54(44)61-53)36-18-16-20-40(30-36)58-47-23-9-13-27-51(47)60-52-28-14-10-24-48(52)58/h7-34H,1-6H3. The summed E-state index contributed by atoms with van der Waals surface area (Å²) in [6, 6.07) is 60.0. The van der Waals surface area contributed by atoms with Gasteiger partial charge in [0.1, 0.15) is 11.2 Å². The Bertz CT molecular complexity index is 2890. The molecule has 0 atom stereocenters. The van der Waals surface area contributed by atoms with Crippen molar-refractivity contribution in [3.05, 3.63) is 181 Å². The molecule has 0 saturated heterocycles. The van der Waals surface area contributed by atoms with Gasteiger partial charge in [-0.15, -0.1) is 0 Å². The van der Waals surface area contributed by atoms with Gasteiger partial charge in [0.2, 0.25) is 0 Å². The third-order valence-electron chi connectivity index (χ3n) is 12.1. The number of furan rings is 1. The third-order valence-corrected chi connectivity index (χ3v) is 12.1. The number of anilines is 6. The zero-order valence-corrected chi connectivity index (χ0v) is 35.3. The molecule has 0 N–H and O–H groups in total. The van der Waals surface area contributed by atoms with Crippen molar-refractivity contribution in [3.63, 3.8) is 0 Å². The van der Waals surface area contributed by atoms with Crippen LogP contribution < -0.4 is 19.3 Å². The fraction of sp³-hybridized carbons (Fsp3) is 0.143. The number of hydrogen-bond donors (Lipinski definition) is 0. The molecule has 5 heteroatoms. The van der Waals surface area contributed by atoms with Gasteiger partial charge in [0.05, 0.1) is 22.7 Å². The van der Waals surface area contributed by atoms with Gasteiger partial charge >= 0.3 is 0 Å². The van der Waals surface area contributed by atoms with E-state index in [1.54, 1.807) is 0 Å². The highest BCUT2D eigenvalue weighted by Gasteiger charge is 2.29. The van der Waals surface area contributed by atoms with Gasteiger partial charge in [-0.1, -0.05) is 114 Å². The van der Waals surface area contributed by atoms with Crippen LogP contribution in [0.25, 0.3) is 44.2 Å². The summed E-state index contributed by atoms with van der Waals surface area (Å²) < 4.78 is 20.0. The van der Waals surface area contributed by atoms with Crippen LogP contribution in [-0.4, -0.2) is 0 Å². The average Bonchev–Trinajstić information content (AvgIpc) is 3.65. The van der Waals surface area contributed by atoms with Crippen LogP contribution in [-0.2, 0) is 10.8 Å². The van der Waals surface area contributed by atoms with E-state index in [1.807, 2.05) is 48.5 Å². The predicted octanol–water partition coefficient (Wildman–Crippen LogP) is 16.7. The molecule has 1 aromatic heterocycles. The fourth-order valence-electron chi connectivity index (χ4n) is 8.87. The molecule has 0 saturated carbocycles. The van der Waals surface area contributed by atoms with Gasteiger partial charge in [-0.3, -0.25) is 0 Å². The minimum absolute atomic E-state index is 0.115. The summed E-state index contributed by atoms with van der Waals surface area (Å²) in [5, 5.41) is 2.23. The number of benzene rings is 8. The Morgan fingerprint density at radius 2 is 0.705 bits per heavy atom. The summed E-state index contributed by atoms with van der Waals surface area (Å²) in [7, 11) is 0. The molecule has 0 bridgehead atoms. The molecule has 61 heavy (non-hydrogen) atoms. The van der Waals surface area contributed by atoms with Gasteiger partial charge in [0.15, 0.2) is 23.0 Å². The molecule has 298 valence electrons. The third kappa shape index (κ3) is 6.14. The normalized spacial score (nSPS) is 13.3. The van der Waals surface area contributed by atoms with Crippen molar-refractivity contribution < 1.29 is 13.9 Å². The lowest BCUT2D eigenvalue weighted by Gasteiger charge is -2.33. The van der Waals surface area contributed by atoms with Gasteiger partial charge in [-0.2, -0.15) is 0 Å². The van der Waals surface area contributed by atoms with Crippen molar-refractivity contribution >= 4 is 56.1 Å². The molecule has 9 aromatic rings. The molecule has 0 aliphatic carbocycles. The summed E-state index contributed by atoms with van der Waals surface area (Å²) in [4.78, 5) is 4.60. The van der Waals surface area contributed by atoms with Crippen LogP contribution in [0, 0.1) is 0 Å². The van der Waals surface area contributed by atoms with Gasteiger partial charge in [-0.05, 0) is 130 Å². The molecule has 0 amide bonds. The lowest BCUT2D eigenvalue weighted by atomic mass is 9.82. The Labute approximate surface area is 357 Å². The minimum Gasteiger partial charge on any atom is -0.455 e. The highest BCUT2D eigenvalue weighted by atomic mass is 16.5. The van der Waals surface area contributed by atoms with Crippen LogP contribution in [0.2, 0.25) is 0 Å². The molecule has 11 rings (SSSR count). The first-order valence-electron chi connectivity index (χ1n) is 21.1. The Hall–Kier alpha value is -7.24. The minimum atomic E-state index is -0.115. The Balaban J connectivity index is 1.13. The Kier molecular flexibility index (Phi) is 8.24. The number of nitrogens with zero attached hydrogens (tertiary/aromatic N) is 2. The van der Waals surface area contributed by atoms with Gasteiger partial charge in [0, 0.05) is 33.3 Å². The topological polar surface area (TPSA) is 38.1 Å². The van der Waals surface area contributed by atoms with E-state index < -0.39 is 0 Å². The lowest BCUT2D eigenvalue weighted by molar-refractivity contribution is 0.477. The molecule has 0 radical (unpaired) electrons. The predicted molar refractivity (Wildman–Crippen MR) is 252 cm³/mol. The van der Waals surface area contributed by atoms with E-state index in [-0.39, 0.29) is 10.8 Å². The van der Waals surface area contributed by atoms with Crippen LogP contribution in [0.3, 0.4) is 0 Å². The summed E-state index contributed by atoms with van der Waals surface area (Å²) in [5.41, 5.74) is 14.4. The van der Waals surface area contributed by atoms with Crippen LogP contribution in [0.5, 0.6) is 23.0 Å². The van der Waals surface area contributed by atoms with Crippen molar-refractivity contribution in [2.45, 2.75) is 52.4 Å². The van der Waals surface area contributed by atoms with E-state index >= 15 is 0 Å². The van der Waals surface area contributed by atoms with Crippen molar-refractivity contribution in [2.75, 3.05) is 9.80 Å². The molecular weight excluding hydrogens is 749 g/mol. The molecule has 5 nitrogen and oxygen atoms in total. The number of fused-ring (bicyclic) bond motifs is 7.